The van der Waals surface area contributed by atoms with Crippen molar-refractivity contribution < 1.29 is 5.11 Å². The fraction of sp³-hybridized carbons (Fsp3) is 0.667. The minimum absolute atomic E-state index is 0.139. The van der Waals surface area contributed by atoms with Gasteiger partial charge in [-0.25, -0.2) is 0 Å². The summed E-state index contributed by atoms with van der Waals surface area (Å²) in [5.74, 6) is 0. The van der Waals surface area contributed by atoms with Gasteiger partial charge in [0.25, 0.3) is 0 Å². The van der Waals surface area contributed by atoms with E-state index in [4.69, 9.17) is 10.8 Å². The number of hydrogen-bond acceptors (Lipinski definition) is 2. The summed E-state index contributed by atoms with van der Waals surface area (Å²) < 4.78 is 0. The Labute approximate surface area is 49.0 Å². The average Bonchev–Trinajstić information content (AvgIpc) is 2.45. The van der Waals surface area contributed by atoms with Gasteiger partial charge in [0.05, 0.1) is 0 Å². The van der Waals surface area contributed by atoms with E-state index in [1.165, 1.54) is 5.57 Å². The van der Waals surface area contributed by atoms with E-state index in [0.29, 0.717) is 6.42 Å². The van der Waals surface area contributed by atoms with Gasteiger partial charge in [-0.05, 0) is 12.8 Å². The summed E-state index contributed by atoms with van der Waals surface area (Å²) in [6, 6.07) is 0.139. The standard InChI is InChI=1S/C6H11NO/c7-6(3-4-8)5-1-2-5/h1,6,8H,2-4,7H2. The lowest BCUT2D eigenvalue weighted by molar-refractivity contribution is 0.282. The lowest BCUT2D eigenvalue weighted by Crippen LogP contribution is -2.19. The van der Waals surface area contributed by atoms with Crippen molar-refractivity contribution in [3.63, 3.8) is 0 Å². The molecule has 1 atom stereocenters. The van der Waals surface area contributed by atoms with Gasteiger partial charge in [-0.3, -0.25) is 0 Å². The SMILES string of the molecule is NC(CCO)C1=CC1. The van der Waals surface area contributed by atoms with Gasteiger partial charge in [0, 0.05) is 12.6 Å². The minimum Gasteiger partial charge on any atom is -0.396 e. The first-order valence-corrected chi connectivity index (χ1v) is 2.90. The Bertz CT molecular complexity index is 109. The van der Waals surface area contributed by atoms with Gasteiger partial charge in [0.1, 0.15) is 0 Å². The van der Waals surface area contributed by atoms with Crippen LogP contribution in [0.4, 0.5) is 0 Å². The molecule has 0 heterocycles. The number of nitrogens with two attached hydrogens (primary N) is 1. The molecule has 1 unspecified atom stereocenters. The van der Waals surface area contributed by atoms with Crippen molar-refractivity contribution in [3.05, 3.63) is 11.6 Å². The molecule has 0 aromatic carbocycles. The Hall–Kier alpha value is -0.340. The van der Waals surface area contributed by atoms with Crippen LogP contribution in [0.25, 0.3) is 0 Å². The third-order valence-electron chi connectivity index (χ3n) is 1.36. The largest absolute Gasteiger partial charge is 0.396 e. The van der Waals surface area contributed by atoms with Crippen molar-refractivity contribution in [3.8, 4) is 0 Å². The fourth-order valence-corrected chi connectivity index (χ4v) is 0.686. The zero-order chi connectivity index (χ0) is 5.98. The second-order valence-corrected chi connectivity index (χ2v) is 2.10. The smallest absolute Gasteiger partial charge is 0.0448 e. The zero-order valence-electron chi connectivity index (χ0n) is 4.80. The summed E-state index contributed by atoms with van der Waals surface area (Å²) in [5.41, 5.74) is 6.87. The highest BCUT2D eigenvalue weighted by Crippen LogP contribution is 2.22. The summed E-state index contributed by atoms with van der Waals surface area (Å²) in [7, 11) is 0. The lowest BCUT2D eigenvalue weighted by Gasteiger charge is -2.02. The molecular formula is C6H11NO. The first-order chi connectivity index (χ1) is 3.84. The predicted octanol–water partition coefficient (Wildman–Crippen LogP) is 0.0262. The Kier molecular flexibility index (Phi) is 1.65. The van der Waals surface area contributed by atoms with Gasteiger partial charge in [0.15, 0.2) is 0 Å². The van der Waals surface area contributed by atoms with Crippen LogP contribution in [0.3, 0.4) is 0 Å². The maximum Gasteiger partial charge on any atom is 0.0448 e. The molecule has 0 aromatic heterocycles. The van der Waals surface area contributed by atoms with Gasteiger partial charge in [-0.2, -0.15) is 0 Å². The van der Waals surface area contributed by atoms with Crippen molar-refractivity contribution >= 4 is 0 Å². The average molecular weight is 113 g/mol. The van der Waals surface area contributed by atoms with E-state index in [1.54, 1.807) is 0 Å². The summed E-state index contributed by atoms with van der Waals surface area (Å²) in [4.78, 5) is 0. The molecule has 0 saturated heterocycles. The van der Waals surface area contributed by atoms with Crippen molar-refractivity contribution in [2.24, 2.45) is 5.73 Å². The molecule has 2 heteroatoms. The van der Waals surface area contributed by atoms with Gasteiger partial charge in [-0.15, -0.1) is 0 Å². The van der Waals surface area contributed by atoms with Gasteiger partial charge >= 0.3 is 0 Å². The van der Waals surface area contributed by atoms with Crippen LogP contribution in [0.2, 0.25) is 0 Å². The molecule has 1 rings (SSSR count). The summed E-state index contributed by atoms with van der Waals surface area (Å²) >= 11 is 0. The molecule has 8 heavy (non-hydrogen) atoms. The van der Waals surface area contributed by atoms with E-state index in [2.05, 4.69) is 6.08 Å². The van der Waals surface area contributed by atoms with Crippen LogP contribution >= 0.6 is 0 Å². The molecular weight excluding hydrogens is 102 g/mol. The van der Waals surface area contributed by atoms with Crippen LogP contribution in [0.1, 0.15) is 12.8 Å². The molecule has 0 bridgehead atoms. The van der Waals surface area contributed by atoms with Crippen molar-refractivity contribution in [1.29, 1.82) is 0 Å². The minimum atomic E-state index is 0.139. The van der Waals surface area contributed by atoms with Crippen molar-refractivity contribution in [1.82, 2.24) is 0 Å². The second-order valence-electron chi connectivity index (χ2n) is 2.10. The third-order valence-corrected chi connectivity index (χ3v) is 1.36. The van der Waals surface area contributed by atoms with E-state index in [9.17, 15) is 0 Å². The van der Waals surface area contributed by atoms with Crippen LogP contribution in [-0.2, 0) is 0 Å². The number of aliphatic hydroxyl groups excluding tert-OH is 1. The van der Waals surface area contributed by atoms with Crippen molar-refractivity contribution in [2.75, 3.05) is 6.61 Å². The number of hydrogen-bond donors (Lipinski definition) is 2. The first-order valence-electron chi connectivity index (χ1n) is 2.90. The maximum absolute atomic E-state index is 8.41. The Morgan fingerprint density at radius 2 is 2.50 bits per heavy atom. The molecule has 2 nitrogen and oxygen atoms in total. The Balaban J connectivity index is 2.13. The predicted molar refractivity (Wildman–Crippen MR) is 32.4 cm³/mol. The fourth-order valence-electron chi connectivity index (χ4n) is 0.686. The monoisotopic (exact) mass is 113 g/mol. The number of rotatable bonds is 3. The van der Waals surface area contributed by atoms with E-state index in [1.807, 2.05) is 0 Å². The molecule has 0 amide bonds. The quantitative estimate of drug-likeness (QED) is 0.507. The lowest BCUT2D eigenvalue weighted by atomic mass is 10.2. The molecule has 0 aromatic rings. The number of allylic oxidation sites excluding steroid dienone is 1. The van der Waals surface area contributed by atoms with Gasteiger partial charge < -0.3 is 10.8 Å². The number of aliphatic hydroxyl groups is 1. The molecule has 0 aliphatic heterocycles. The van der Waals surface area contributed by atoms with Crippen LogP contribution in [-0.4, -0.2) is 17.8 Å². The highest BCUT2D eigenvalue weighted by atomic mass is 16.3. The Morgan fingerprint density at radius 3 is 2.88 bits per heavy atom. The van der Waals surface area contributed by atoms with Crippen LogP contribution in [0, 0.1) is 0 Å². The highest BCUT2D eigenvalue weighted by molar-refractivity contribution is 5.27. The van der Waals surface area contributed by atoms with E-state index in [0.717, 1.165) is 6.42 Å². The second kappa shape index (κ2) is 2.29. The van der Waals surface area contributed by atoms with Crippen LogP contribution in [0.15, 0.2) is 11.6 Å². The molecule has 1 aliphatic rings. The summed E-state index contributed by atoms with van der Waals surface area (Å²) in [5, 5.41) is 8.41. The highest BCUT2D eigenvalue weighted by Gasteiger charge is 2.14. The molecule has 0 fully saturated rings. The molecule has 0 radical (unpaired) electrons. The maximum atomic E-state index is 8.41. The normalized spacial score (nSPS) is 20.0. The third kappa shape index (κ3) is 1.32. The van der Waals surface area contributed by atoms with Crippen LogP contribution < -0.4 is 5.73 Å². The van der Waals surface area contributed by atoms with E-state index in [-0.39, 0.29) is 12.6 Å². The molecule has 0 saturated carbocycles. The first kappa shape index (κ1) is 5.79. The molecule has 0 spiro atoms. The van der Waals surface area contributed by atoms with E-state index >= 15 is 0 Å². The van der Waals surface area contributed by atoms with Crippen molar-refractivity contribution in [2.45, 2.75) is 18.9 Å². The molecule has 1 aliphatic carbocycles. The topological polar surface area (TPSA) is 46.2 Å². The summed E-state index contributed by atoms with van der Waals surface area (Å²) in [6.45, 7) is 0.207. The van der Waals surface area contributed by atoms with E-state index < -0.39 is 0 Å². The van der Waals surface area contributed by atoms with Gasteiger partial charge in [-0.1, -0.05) is 11.6 Å². The molecule has 3 N–H and O–H groups in total. The molecule has 46 valence electrons. The van der Waals surface area contributed by atoms with Gasteiger partial charge in [0.2, 0.25) is 0 Å². The Morgan fingerprint density at radius 1 is 1.88 bits per heavy atom. The summed E-state index contributed by atoms with van der Waals surface area (Å²) in [6.07, 6.45) is 3.88. The van der Waals surface area contributed by atoms with Crippen LogP contribution in [0.5, 0.6) is 0 Å². The zero-order valence-corrected chi connectivity index (χ0v) is 4.80.